The largest absolute Gasteiger partial charge is 0.472 e. The Hall–Kier alpha value is -3.02. The predicted molar refractivity (Wildman–Crippen MR) is 129 cm³/mol. The van der Waals surface area contributed by atoms with Gasteiger partial charge in [0.2, 0.25) is 11.8 Å². The molecule has 0 aliphatic heterocycles. The number of esters is 1. The zero-order valence-electron chi connectivity index (χ0n) is 20.2. The molecule has 35 heavy (non-hydrogen) atoms. The van der Waals surface area contributed by atoms with Crippen molar-refractivity contribution in [2.45, 2.75) is 59.3 Å². The van der Waals surface area contributed by atoms with Gasteiger partial charge >= 0.3 is 5.97 Å². The normalized spacial score (nSPS) is 11.3. The Morgan fingerprint density at radius 3 is 2.51 bits per heavy atom. The van der Waals surface area contributed by atoms with E-state index in [1.807, 2.05) is 13.8 Å². The predicted octanol–water partition coefficient (Wildman–Crippen LogP) is 3.70. The number of halogens is 3. The monoisotopic (exact) mass is 558 g/mol. The molecule has 0 atom stereocenters. The summed E-state index contributed by atoms with van der Waals surface area (Å²) in [7, 11) is 0. The van der Waals surface area contributed by atoms with Gasteiger partial charge in [0.25, 0.3) is 11.5 Å². The number of aromatic nitrogens is 2. The molecular weight excluding hydrogens is 530 g/mol. The first kappa shape index (κ1) is 28.2. The average molecular weight is 559 g/mol. The highest BCUT2D eigenvalue weighted by atomic mass is 79.9. The van der Waals surface area contributed by atoms with Crippen molar-refractivity contribution in [1.29, 1.82) is 0 Å². The minimum Gasteiger partial charge on any atom is -0.472 e. The summed E-state index contributed by atoms with van der Waals surface area (Å²) < 4.78 is 39.1. The first-order chi connectivity index (χ1) is 16.3. The van der Waals surface area contributed by atoms with Gasteiger partial charge in [-0.1, -0.05) is 0 Å². The van der Waals surface area contributed by atoms with E-state index < -0.39 is 34.7 Å². The van der Waals surface area contributed by atoms with Gasteiger partial charge in [-0.25, -0.2) is 8.78 Å². The summed E-state index contributed by atoms with van der Waals surface area (Å²) in [6.07, 6.45) is 0.475. The van der Waals surface area contributed by atoms with Crippen LogP contribution >= 0.6 is 15.9 Å². The lowest BCUT2D eigenvalue weighted by Crippen LogP contribution is -2.45. The van der Waals surface area contributed by atoms with E-state index in [9.17, 15) is 23.2 Å². The van der Waals surface area contributed by atoms with Gasteiger partial charge in [-0.05, 0) is 62.2 Å². The molecular formula is C23H29BrF2N4O5. The van der Waals surface area contributed by atoms with Gasteiger partial charge < -0.3 is 20.1 Å². The number of carbonyl (C=O) groups excluding carboxylic acids is 2. The molecule has 0 unspecified atom stereocenters. The van der Waals surface area contributed by atoms with Gasteiger partial charge in [0.1, 0.15) is 22.7 Å². The summed E-state index contributed by atoms with van der Waals surface area (Å²) in [5.74, 6) is -2.28. The molecule has 1 aromatic carbocycles. The smallest absolute Gasteiger partial charge is 0.303 e. The first-order valence-corrected chi connectivity index (χ1v) is 11.7. The zero-order valence-corrected chi connectivity index (χ0v) is 21.8. The minimum atomic E-state index is -1.29. The van der Waals surface area contributed by atoms with Crippen molar-refractivity contribution < 1.29 is 27.8 Å². The molecule has 0 bridgehead atoms. The molecule has 9 nitrogen and oxygen atoms in total. The molecule has 0 aliphatic rings. The van der Waals surface area contributed by atoms with Gasteiger partial charge in [-0.15, -0.1) is 0 Å². The SMILES string of the molecule is CC(=O)OC(C)(C)C(=O)NCCCNc1nc(OCc2ccc(F)cc2F)c(Br)c(=O)n1C(C)C. The van der Waals surface area contributed by atoms with Gasteiger partial charge in [0, 0.05) is 37.7 Å². The fourth-order valence-corrected chi connectivity index (χ4v) is 3.48. The average Bonchev–Trinajstić information content (AvgIpc) is 2.74. The van der Waals surface area contributed by atoms with E-state index in [-0.39, 0.29) is 41.1 Å². The third-order valence-corrected chi connectivity index (χ3v) is 5.47. The second-order valence-corrected chi connectivity index (χ2v) is 9.28. The van der Waals surface area contributed by atoms with E-state index in [0.29, 0.717) is 13.0 Å². The van der Waals surface area contributed by atoms with Crippen molar-refractivity contribution >= 4 is 33.8 Å². The molecule has 0 spiro atoms. The van der Waals surface area contributed by atoms with Crippen molar-refractivity contribution in [3.63, 3.8) is 0 Å². The Balaban J connectivity index is 2.07. The van der Waals surface area contributed by atoms with E-state index >= 15 is 0 Å². The van der Waals surface area contributed by atoms with E-state index in [1.165, 1.54) is 31.4 Å². The number of amides is 1. The molecule has 192 valence electrons. The lowest BCUT2D eigenvalue weighted by Gasteiger charge is -2.23. The quantitative estimate of drug-likeness (QED) is 0.319. The number of benzene rings is 1. The molecule has 2 N–H and O–H groups in total. The molecule has 1 aromatic heterocycles. The van der Waals surface area contributed by atoms with E-state index in [0.717, 1.165) is 12.1 Å². The highest BCUT2D eigenvalue weighted by Crippen LogP contribution is 2.24. The van der Waals surface area contributed by atoms with Crippen LogP contribution in [0.4, 0.5) is 14.7 Å². The highest BCUT2D eigenvalue weighted by Gasteiger charge is 2.30. The second kappa shape index (κ2) is 12.1. The van der Waals surface area contributed by atoms with Crippen LogP contribution in [-0.4, -0.2) is 40.1 Å². The van der Waals surface area contributed by atoms with Crippen molar-refractivity contribution in [2.75, 3.05) is 18.4 Å². The van der Waals surface area contributed by atoms with Crippen molar-refractivity contribution in [1.82, 2.24) is 14.9 Å². The van der Waals surface area contributed by atoms with Gasteiger partial charge in [-0.2, -0.15) is 4.98 Å². The molecule has 0 radical (unpaired) electrons. The van der Waals surface area contributed by atoms with Crippen LogP contribution in [0.2, 0.25) is 0 Å². The summed E-state index contributed by atoms with van der Waals surface area (Å²) in [5.41, 5.74) is -1.58. The number of anilines is 1. The number of rotatable bonds is 11. The molecule has 0 aliphatic carbocycles. The summed E-state index contributed by atoms with van der Waals surface area (Å²) in [6, 6.07) is 2.88. The molecule has 12 heteroatoms. The van der Waals surface area contributed by atoms with E-state index in [1.54, 1.807) is 0 Å². The molecule has 2 rings (SSSR count). The molecule has 1 heterocycles. The third kappa shape index (κ3) is 7.74. The Labute approximate surface area is 210 Å². The number of nitrogens with one attached hydrogen (secondary N) is 2. The summed E-state index contributed by atoms with van der Waals surface area (Å²) in [6.45, 7) is 8.22. The summed E-state index contributed by atoms with van der Waals surface area (Å²) in [5, 5.41) is 5.75. The molecule has 0 saturated heterocycles. The van der Waals surface area contributed by atoms with Crippen LogP contribution < -0.4 is 20.9 Å². The molecule has 0 saturated carbocycles. The lowest BCUT2D eigenvalue weighted by atomic mass is 10.1. The van der Waals surface area contributed by atoms with Crippen LogP contribution in [0.1, 0.15) is 52.6 Å². The maximum Gasteiger partial charge on any atom is 0.303 e. The highest BCUT2D eigenvalue weighted by molar-refractivity contribution is 9.10. The van der Waals surface area contributed by atoms with Gasteiger partial charge in [0.15, 0.2) is 5.60 Å². The standard InChI is InChI=1S/C23H29BrF2N4O5/c1-13(2)30-20(32)18(24)19(34-12-15-7-8-16(25)11-17(15)26)29-22(30)28-10-6-9-27-21(33)23(4,5)35-14(3)31/h7-8,11,13H,6,9-10,12H2,1-5H3,(H,27,33)(H,28,29). The Morgan fingerprint density at radius 2 is 1.91 bits per heavy atom. The number of hydrogen-bond donors (Lipinski definition) is 2. The molecule has 0 fully saturated rings. The van der Waals surface area contributed by atoms with Crippen molar-refractivity contribution in [3.8, 4) is 5.88 Å². The van der Waals surface area contributed by atoms with Gasteiger partial charge in [-0.3, -0.25) is 19.0 Å². The number of nitrogens with zero attached hydrogens (tertiary/aromatic N) is 2. The summed E-state index contributed by atoms with van der Waals surface area (Å²) >= 11 is 3.20. The minimum absolute atomic E-state index is 0.0467. The van der Waals surface area contributed by atoms with Gasteiger partial charge in [0.05, 0.1) is 0 Å². The second-order valence-electron chi connectivity index (χ2n) is 8.49. The van der Waals surface area contributed by atoms with Crippen molar-refractivity contribution in [2.24, 2.45) is 0 Å². The Kier molecular flexibility index (Phi) is 9.75. The van der Waals surface area contributed by atoms with Crippen molar-refractivity contribution in [3.05, 3.63) is 50.2 Å². The van der Waals surface area contributed by atoms with Crippen LogP contribution in [0.3, 0.4) is 0 Å². The van der Waals surface area contributed by atoms with Crippen LogP contribution in [0, 0.1) is 11.6 Å². The topological polar surface area (TPSA) is 112 Å². The van der Waals surface area contributed by atoms with E-state index in [4.69, 9.17) is 9.47 Å². The number of ether oxygens (including phenoxy) is 2. The molecule has 1 amide bonds. The number of carbonyl (C=O) groups is 2. The number of hydrogen-bond acceptors (Lipinski definition) is 7. The zero-order chi connectivity index (χ0) is 26.3. The first-order valence-electron chi connectivity index (χ1n) is 10.9. The lowest BCUT2D eigenvalue weighted by molar-refractivity contribution is -0.162. The van der Waals surface area contributed by atoms with Crippen LogP contribution in [-0.2, 0) is 20.9 Å². The third-order valence-electron chi connectivity index (χ3n) is 4.79. The molecule has 2 aromatic rings. The maximum absolute atomic E-state index is 13.9. The fraction of sp³-hybridized carbons (Fsp3) is 0.478. The maximum atomic E-state index is 13.9. The van der Waals surface area contributed by atoms with Crippen LogP contribution in [0.5, 0.6) is 5.88 Å². The summed E-state index contributed by atoms with van der Waals surface area (Å²) in [4.78, 5) is 40.6. The van der Waals surface area contributed by atoms with Crippen LogP contribution in [0.15, 0.2) is 27.5 Å². The Morgan fingerprint density at radius 1 is 1.23 bits per heavy atom. The van der Waals surface area contributed by atoms with E-state index in [2.05, 4.69) is 31.5 Å². The Bertz CT molecular complexity index is 1140. The van der Waals surface area contributed by atoms with Crippen LogP contribution in [0.25, 0.3) is 0 Å². The fourth-order valence-electron chi connectivity index (χ4n) is 3.09.